The zero-order valence-corrected chi connectivity index (χ0v) is 21.7. The molecule has 2 spiro atoms. The maximum atomic E-state index is 14.1. The molecule has 3 heterocycles. The van der Waals surface area contributed by atoms with Gasteiger partial charge in [0, 0.05) is 42.4 Å². The van der Waals surface area contributed by atoms with E-state index in [4.69, 9.17) is 10.5 Å². The number of rotatable bonds is 5. The Bertz CT molecular complexity index is 1420. The Morgan fingerprint density at radius 2 is 2.11 bits per heavy atom. The van der Waals surface area contributed by atoms with Crippen molar-refractivity contribution in [1.82, 2.24) is 14.8 Å². The van der Waals surface area contributed by atoms with E-state index >= 15 is 0 Å². The zero-order chi connectivity index (χ0) is 26.0. The van der Waals surface area contributed by atoms with Crippen LogP contribution >= 0.6 is 0 Å². The van der Waals surface area contributed by atoms with Gasteiger partial charge in [-0.3, -0.25) is 14.7 Å². The molecule has 2 aromatic rings. The van der Waals surface area contributed by atoms with Crippen molar-refractivity contribution in [3.8, 4) is 11.5 Å². The van der Waals surface area contributed by atoms with Gasteiger partial charge in [0.05, 0.1) is 23.3 Å². The first-order valence-electron chi connectivity index (χ1n) is 13.9. The smallest absolute Gasteiger partial charge is 0.252 e. The lowest BCUT2D eigenvalue weighted by atomic mass is 9.38. The molecule has 4 bridgehead atoms. The van der Waals surface area contributed by atoms with E-state index in [-0.39, 0.29) is 29.7 Å². The average molecular weight is 515 g/mol. The van der Waals surface area contributed by atoms with Crippen LogP contribution in [0.4, 0.5) is 5.69 Å². The van der Waals surface area contributed by atoms with Crippen molar-refractivity contribution < 1.29 is 19.7 Å². The number of fused-ring (bicyclic) bond motifs is 1. The van der Waals surface area contributed by atoms with Gasteiger partial charge in [0.2, 0.25) is 0 Å². The minimum atomic E-state index is -1.44. The molecule has 1 saturated heterocycles. The summed E-state index contributed by atoms with van der Waals surface area (Å²) in [5.74, 6) is 1.19. The molecule has 1 amide bonds. The number of hydrogen-bond donors (Lipinski definition) is 3. The second kappa shape index (κ2) is 7.30. The Hall–Kier alpha value is -3.10. The number of anilines is 1. The maximum absolute atomic E-state index is 14.1. The van der Waals surface area contributed by atoms with Gasteiger partial charge in [0.15, 0.2) is 11.5 Å². The van der Waals surface area contributed by atoms with Crippen LogP contribution in [0.5, 0.6) is 11.5 Å². The van der Waals surface area contributed by atoms with Gasteiger partial charge >= 0.3 is 0 Å². The van der Waals surface area contributed by atoms with Crippen LogP contribution < -0.4 is 10.5 Å². The number of nitrogens with zero attached hydrogens (tertiary/aromatic N) is 3. The van der Waals surface area contributed by atoms with Crippen molar-refractivity contribution in [2.75, 3.05) is 25.9 Å². The molecule has 5 aliphatic carbocycles. The van der Waals surface area contributed by atoms with Gasteiger partial charge < -0.3 is 25.6 Å². The number of hydrogen-bond acceptors (Lipinski definition) is 7. The van der Waals surface area contributed by atoms with E-state index in [1.165, 1.54) is 18.4 Å². The number of pyridine rings is 1. The molecule has 9 rings (SSSR count). The lowest BCUT2D eigenvalue weighted by molar-refractivity contribution is -0.188. The zero-order valence-electron chi connectivity index (χ0n) is 21.7. The van der Waals surface area contributed by atoms with Crippen LogP contribution in [0.15, 0.2) is 42.1 Å². The highest BCUT2D eigenvalue weighted by atomic mass is 16.5. The summed E-state index contributed by atoms with van der Waals surface area (Å²) >= 11 is 0. The molecule has 38 heavy (non-hydrogen) atoms. The number of phenolic OH excluding ortho intramolecular Hbond substituents is 1. The lowest BCUT2D eigenvalue weighted by Crippen LogP contribution is -2.78. The number of ether oxygens (including phenoxy) is 1. The molecule has 1 aromatic carbocycles. The SMILES string of the molecule is CN(Cc1ncccc1N)C(=O)C1=C[C@@]23CC[C@]1(O)[C@@H]1Oc4c(O)ccc5c4[C@@]12CCN(CC1CC1)[C@@H]3C5. The summed E-state index contributed by atoms with van der Waals surface area (Å²) in [4.78, 5) is 22.8. The molecule has 198 valence electrons. The van der Waals surface area contributed by atoms with Gasteiger partial charge in [-0.05, 0) is 74.8 Å². The number of carbonyl (C=O) groups excluding carboxylic acids is 1. The number of benzene rings is 1. The minimum absolute atomic E-state index is 0.125. The number of carbonyl (C=O) groups is 1. The van der Waals surface area contributed by atoms with Crippen molar-refractivity contribution in [2.45, 2.75) is 68.2 Å². The van der Waals surface area contributed by atoms with Crippen LogP contribution in [0, 0.1) is 11.3 Å². The molecule has 2 saturated carbocycles. The molecule has 8 nitrogen and oxygen atoms in total. The monoisotopic (exact) mass is 514 g/mol. The van der Waals surface area contributed by atoms with Crippen molar-refractivity contribution >= 4 is 11.6 Å². The molecule has 3 fully saturated rings. The Morgan fingerprint density at radius 1 is 1.26 bits per heavy atom. The number of phenols is 1. The standard InChI is InChI=1S/C30H34N4O4/c1-33(16-21-20(31)3-2-11-32-21)26(36)19-14-28-8-9-30(19,37)27-29(28)10-12-34(15-17-4-5-17)23(28)13-18-6-7-22(35)25(38-27)24(18)29/h2-3,6-7,11,14,17,23,27,35,37H,4-5,8-10,12-13,15-16,31H2,1H3/t23-,27-,28-,29+,30-/m1/s1. The summed E-state index contributed by atoms with van der Waals surface area (Å²) in [5, 5.41) is 23.3. The lowest BCUT2D eigenvalue weighted by Gasteiger charge is -2.70. The van der Waals surface area contributed by atoms with Crippen LogP contribution in [0.3, 0.4) is 0 Å². The van der Waals surface area contributed by atoms with E-state index in [0.717, 1.165) is 43.8 Å². The summed E-state index contributed by atoms with van der Waals surface area (Å²) in [7, 11) is 1.74. The second-order valence-electron chi connectivity index (χ2n) is 12.5. The van der Waals surface area contributed by atoms with Crippen LogP contribution in [0.25, 0.3) is 0 Å². The van der Waals surface area contributed by atoms with E-state index in [1.807, 2.05) is 0 Å². The van der Waals surface area contributed by atoms with E-state index in [1.54, 1.807) is 36.3 Å². The fourth-order valence-corrected chi connectivity index (χ4v) is 8.89. The van der Waals surface area contributed by atoms with Crippen LogP contribution in [-0.4, -0.2) is 68.8 Å². The molecule has 2 aliphatic heterocycles. The van der Waals surface area contributed by atoms with Gasteiger partial charge in [0.1, 0.15) is 11.7 Å². The summed E-state index contributed by atoms with van der Waals surface area (Å²) in [5.41, 5.74) is 7.81. The maximum Gasteiger partial charge on any atom is 0.252 e. The predicted molar refractivity (Wildman–Crippen MR) is 140 cm³/mol. The highest BCUT2D eigenvalue weighted by molar-refractivity contribution is 5.97. The fourth-order valence-electron chi connectivity index (χ4n) is 8.89. The number of likely N-dealkylation sites (N-methyl/N-ethyl adjacent to an activating group) is 1. The quantitative estimate of drug-likeness (QED) is 0.562. The Labute approximate surface area is 222 Å². The summed E-state index contributed by atoms with van der Waals surface area (Å²) in [6.45, 7) is 2.29. The highest BCUT2D eigenvalue weighted by Crippen LogP contribution is 2.74. The van der Waals surface area contributed by atoms with Crippen molar-refractivity contribution in [1.29, 1.82) is 0 Å². The molecule has 0 radical (unpaired) electrons. The highest BCUT2D eigenvalue weighted by Gasteiger charge is 2.78. The molecule has 8 heteroatoms. The second-order valence-corrected chi connectivity index (χ2v) is 12.5. The van der Waals surface area contributed by atoms with Crippen LogP contribution in [-0.2, 0) is 23.2 Å². The summed E-state index contributed by atoms with van der Waals surface area (Å²) in [6.07, 6.45) is 8.80. The number of aromatic hydroxyl groups is 1. The number of aromatic nitrogens is 1. The normalized spacial score (nSPS) is 35.9. The van der Waals surface area contributed by atoms with Gasteiger partial charge in [-0.15, -0.1) is 0 Å². The molecule has 0 unspecified atom stereocenters. The van der Waals surface area contributed by atoms with Crippen LogP contribution in [0.2, 0.25) is 0 Å². The average Bonchev–Trinajstić information content (AvgIpc) is 3.65. The van der Waals surface area contributed by atoms with Gasteiger partial charge in [-0.1, -0.05) is 12.1 Å². The largest absolute Gasteiger partial charge is 0.504 e. The number of nitrogens with two attached hydrogens (primary N) is 1. The van der Waals surface area contributed by atoms with Gasteiger partial charge in [-0.25, -0.2) is 0 Å². The Kier molecular flexibility index (Phi) is 4.39. The summed E-state index contributed by atoms with van der Waals surface area (Å²) < 4.78 is 6.60. The van der Waals surface area contributed by atoms with Crippen molar-refractivity contribution in [2.24, 2.45) is 11.3 Å². The van der Waals surface area contributed by atoms with Crippen LogP contribution in [0.1, 0.15) is 48.9 Å². The molecule has 5 atom stereocenters. The number of likely N-dealkylation sites (tertiary alicyclic amines) is 1. The van der Waals surface area contributed by atoms with Crippen molar-refractivity contribution in [3.63, 3.8) is 0 Å². The van der Waals surface area contributed by atoms with Gasteiger partial charge in [-0.2, -0.15) is 0 Å². The van der Waals surface area contributed by atoms with E-state index in [9.17, 15) is 15.0 Å². The molecule has 1 aromatic heterocycles. The van der Waals surface area contributed by atoms with Crippen molar-refractivity contribution in [3.05, 3.63) is 58.9 Å². The first-order valence-corrected chi connectivity index (χ1v) is 13.9. The number of amides is 1. The third-order valence-electron chi connectivity index (χ3n) is 10.7. The van der Waals surface area contributed by atoms with E-state index in [0.29, 0.717) is 29.1 Å². The van der Waals surface area contributed by atoms with Gasteiger partial charge in [0.25, 0.3) is 5.91 Å². The molecule has 7 aliphatic rings. The Balaban J connectivity index is 1.27. The molecule has 4 N–H and O–H groups in total. The number of nitrogen functional groups attached to an aromatic ring is 1. The number of aliphatic hydroxyl groups is 1. The predicted octanol–water partition coefficient (Wildman–Crippen LogP) is 2.52. The fraction of sp³-hybridized carbons (Fsp3) is 0.533. The van der Waals surface area contributed by atoms with E-state index < -0.39 is 17.1 Å². The number of piperidine rings is 1. The molecular formula is C30H34N4O4. The third-order valence-corrected chi connectivity index (χ3v) is 10.7. The van der Waals surface area contributed by atoms with E-state index in [2.05, 4.69) is 22.0 Å². The third kappa shape index (κ3) is 2.63. The first kappa shape index (κ1) is 22.8. The Morgan fingerprint density at radius 3 is 2.89 bits per heavy atom. The topological polar surface area (TPSA) is 112 Å². The molecular weight excluding hydrogens is 480 g/mol. The summed E-state index contributed by atoms with van der Waals surface area (Å²) in [6, 6.07) is 7.57. The first-order chi connectivity index (χ1) is 18.3. The minimum Gasteiger partial charge on any atom is -0.504 e.